The molecule has 0 saturated carbocycles. The number of pyridine rings is 1. The lowest BCUT2D eigenvalue weighted by Crippen LogP contribution is -2.29. The zero-order valence-electron chi connectivity index (χ0n) is 11.6. The Kier molecular flexibility index (Phi) is 4.55. The largest absolute Gasteiger partial charge is 0.448 e. The number of ether oxygens (including phenoxy) is 1. The van der Waals surface area contributed by atoms with Crippen LogP contribution in [0.25, 0.3) is 10.8 Å². The molecule has 1 heterocycles. The zero-order valence-corrected chi connectivity index (χ0v) is 11.6. The van der Waals surface area contributed by atoms with Crippen LogP contribution in [-0.2, 0) is 4.74 Å². The highest BCUT2D eigenvalue weighted by atomic mass is 16.5. The number of hydrogen-bond acceptors (Lipinski definition) is 5. The van der Waals surface area contributed by atoms with Gasteiger partial charge in [-0.05, 0) is 11.5 Å². The maximum absolute atomic E-state index is 12.0. The number of rotatable bonds is 5. The van der Waals surface area contributed by atoms with Crippen molar-refractivity contribution in [3.8, 4) is 0 Å². The molecule has 1 aromatic carbocycles. The van der Waals surface area contributed by atoms with Crippen LogP contribution in [0.4, 0.5) is 10.6 Å². The molecule has 7 nitrogen and oxygen atoms in total. The van der Waals surface area contributed by atoms with E-state index in [9.17, 15) is 9.59 Å². The van der Waals surface area contributed by atoms with E-state index < -0.39 is 6.09 Å². The molecule has 0 radical (unpaired) electrons. The maximum Gasteiger partial charge on any atom is 0.404 e. The predicted octanol–water partition coefficient (Wildman–Crippen LogP) is 1.10. The van der Waals surface area contributed by atoms with E-state index in [-0.39, 0.29) is 24.8 Å². The zero-order chi connectivity index (χ0) is 15.2. The van der Waals surface area contributed by atoms with Crippen LogP contribution in [-0.4, -0.2) is 37.2 Å². The Bertz CT molecular complexity index is 672. The molecule has 21 heavy (non-hydrogen) atoms. The van der Waals surface area contributed by atoms with Crippen LogP contribution in [0.15, 0.2) is 30.3 Å². The van der Waals surface area contributed by atoms with Crippen LogP contribution in [0.1, 0.15) is 10.5 Å². The third-order valence-corrected chi connectivity index (χ3v) is 2.84. The molecule has 2 aromatic rings. The van der Waals surface area contributed by atoms with E-state index in [1.807, 2.05) is 24.3 Å². The van der Waals surface area contributed by atoms with Gasteiger partial charge in [0, 0.05) is 12.4 Å². The van der Waals surface area contributed by atoms with Crippen LogP contribution in [0.3, 0.4) is 0 Å². The summed E-state index contributed by atoms with van der Waals surface area (Å²) in [5.41, 5.74) is 5.12. The van der Waals surface area contributed by atoms with Crippen molar-refractivity contribution in [2.75, 3.05) is 25.5 Å². The smallest absolute Gasteiger partial charge is 0.404 e. The van der Waals surface area contributed by atoms with Crippen molar-refractivity contribution in [3.05, 3.63) is 36.0 Å². The lowest BCUT2D eigenvalue weighted by atomic mass is 10.1. The van der Waals surface area contributed by atoms with Gasteiger partial charge in [-0.1, -0.05) is 24.3 Å². The first-order valence-corrected chi connectivity index (χ1v) is 6.40. The topological polar surface area (TPSA) is 106 Å². The highest BCUT2D eigenvalue weighted by molar-refractivity contribution is 6.00. The Morgan fingerprint density at radius 1 is 1.33 bits per heavy atom. The molecule has 0 aliphatic rings. The predicted molar refractivity (Wildman–Crippen MR) is 79.2 cm³/mol. The molecule has 0 saturated heterocycles. The van der Waals surface area contributed by atoms with Gasteiger partial charge in [0.1, 0.15) is 18.1 Å². The molecule has 0 aliphatic heterocycles. The number of benzene rings is 1. The number of anilines is 1. The Balaban J connectivity index is 2.14. The Hall–Kier alpha value is -2.83. The van der Waals surface area contributed by atoms with E-state index in [0.717, 1.165) is 10.8 Å². The number of aromatic nitrogens is 1. The Morgan fingerprint density at radius 3 is 2.81 bits per heavy atom. The molecular weight excluding hydrogens is 272 g/mol. The molecule has 0 fully saturated rings. The summed E-state index contributed by atoms with van der Waals surface area (Å²) in [5.74, 6) is 0.289. The average molecular weight is 288 g/mol. The van der Waals surface area contributed by atoms with Crippen molar-refractivity contribution in [1.29, 1.82) is 0 Å². The van der Waals surface area contributed by atoms with Crippen LogP contribution in [0.5, 0.6) is 0 Å². The minimum absolute atomic E-state index is 0.0214. The van der Waals surface area contributed by atoms with Crippen LogP contribution in [0, 0.1) is 0 Å². The van der Waals surface area contributed by atoms with E-state index in [1.54, 1.807) is 13.1 Å². The van der Waals surface area contributed by atoms with Crippen molar-refractivity contribution in [2.45, 2.75) is 0 Å². The molecule has 1 aromatic heterocycles. The summed E-state index contributed by atoms with van der Waals surface area (Å²) < 4.78 is 4.53. The number of carbonyl (C=O) groups excluding carboxylic acids is 2. The van der Waals surface area contributed by atoms with Gasteiger partial charge in [0.15, 0.2) is 0 Å². The fourth-order valence-corrected chi connectivity index (χ4v) is 1.91. The van der Waals surface area contributed by atoms with E-state index in [4.69, 9.17) is 5.73 Å². The van der Waals surface area contributed by atoms with Crippen molar-refractivity contribution < 1.29 is 14.3 Å². The summed E-state index contributed by atoms with van der Waals surface area (Å²) in [7, 11) is 1.75. The van der Waals surface area contributed by atoms with Crippen LogP contribution >= 0.6 is 0 Å². The molecule has 0 aliphatic carbocycles. The van der Waals surface area contributed by atoms with Crippen LogP contribution < -0.4 is 16.4 Å². The summed E-state index contributed by atoms with van der Waals surface area (Å²) in [6.07, 6.45) is -0.870. The number of carbonyl (C=O) groups is 2. The van der Waals surface area contributed by atoms with Gasteiger partial charge >= 0.3 is 6.09 Å². The summed E-state index contributed by atoms with van der Waals surface area (Å²) in [5, 5.41) is 7.43. The first kappa shape index (κ1) is 14.6. The fourth-order valence-electron chi connectivity index (χ4n) is 1.91. The first-order chi connectivity index (χ1) is 10.1. The van der Waals surface area contributed by atoms with Gasteiger partial charge in [-0.3, -0.25) is 4.79 Å². The monoisotopic (exact) mass is 288 g/mol. The third-order valence-electron chi connectivity index (χ3n) is 2.84. The maximum atomic E-state index is 12.0. The molecule has 0 spiro atoms. The van der Waals surface area contributed by atoms with Gasteiger partial charge in [-0.2, -0.15) is 0 Å². The second-order valence-electron chi connectivity index (χ2n) is 4.25. The summed E-state index contributed by atoms with van der Waals surface area (Å²) in [6, 6.07) is 9.34. The van der Waals surface area contributed by atoms with E-state index >= 15 is 0 Å². The molecule has 0 atom stereocenters. The van der Waals surface area contributed by atoms with Gasteiger partial charge in [-0.15, -0.1) is 0 Å². The molecule has 0 unspecified atom stereocenters. The Labute approximate surface area is 121 Å². The first-order valence-electron chi connectivity index (χ1n) is 6.40. The quantitative estimate of drug-likeness (QED) is 0.714. The lowest BCUT2D eigenvalue weighted by molar-refractivity contribution is 0.0932. The summed E-state index contributed by atoms with van der Waals surface area (Å²) >= 11 is 0. The molecule has 2 rings (SSSR count). The number of amides is 2. The third kappa shape index (κ3) is 3.59. The SMILES string of the molecule is CNc1nc(C(=O)NCCOC(N)=O)cc2ccccc12. The minimum atomic E-state index is -0.870. The van der Waals surface area contributed by atoms with E-state index in [1.165, 1.54) is 0 Å². The molecule has 4 N–H and O–H groups in total. The van der Waals surface area contributed by atoms with Gasteiger partial charge < -0.3 is 21.1 Å². The number of primary amides is 1. The molecule has 7 heteroatoms. The van der Waals surface area contributed by atoms with E-state index in [0.29, 0.717) is 5.82 Å². The average Bonchev–Trinajstić information content (AvgIpc) is 2.50. The molecular formula is C14H16N4O3. The standard InChI is InChI=1S/C14H16N4O3/c1-16-12-10-5-3-2-4-9(10)8-11(18-12)13(19)17-6-7-21-14(15)20/h2-5,8H,6-7H2,1H3,(H2,15,20)(H,16,18)(H,17,19). The van der Waals surface area contributed by atoms with Gasteiger partial charge in [-0.25, -0.2) is 9.78 Å². The van der Waals surface area contributed by atoms with Crippen LogP contribution in [0.2, 0.25) is 0 Å². The highest BCUT2D eigenvalue weighted by Crippen LogP contribution is 2.21. The number of nitrogens with zero attached hydrogens (tertiary/aromatic N) is 1. The summed E-state index contributed by atoms with van der Waals surface area (Å²) in [6.45, 7) is 0.193. The van der Waals surface area contributed by atoms with Gasteiger partial charge in [0.25, 0.3) is 5.91 Å². The Morgan fingerprint density at radius 2 is 2.10 bits per heavy atom. The minimum Gasteiger partial charge on any atom is -0.448 e. The second kappa shape index (κ2) is 6.56. The fraction of sp³-hybridized carbons (Fsp3) is 0.214. The van der Waals surface area contributed by atoms with Gasteiger partial charge in [0.05, 0.1) is 6.54 Å². The van der Waals surface area contributed by atoms with Gasteiger partial charge in [0.2, 0.25) is 0 Å². The lowest BCUT2D eigenvalue weighted by Gasteiger charge is -2.09. The van der Waals surface area contributed by atoms with Crippen molar-refractivity contribution in [2.24, 2.45) is 5.73 Å². The van der Waals surface area contributed by atoms with E-state index in [2.05, 4.69) is 20.4 Å². The van der Waals surface area contributed by atoms with Crippen molar-refractivity contribution >= 4 is 28.6 Å². The number of hydrogen-bond donors (Lipinski definition) is 3. The summed E-state index contributed by atoms with van der Waals surface area (Å²) in [4.78, 5) is 26.7. The highest BCUT2D eigenvalue weighted by Gasteiger charge is 2.11. The van der Waals surface area contributed by atoms with Crippen molar-refractivity contribution in [1.82, 2.24) is 10.3 Å². The number of nitrogens with one attached hydrogen (secondary N) is 2. The molecule has 110 valence electrons. The normalized spacial score (nSPS) is 10.1. The molecule has 0 bridgehead atoms. The molecule has 2 amide bonds. The van der Waals surface area contributed by atoms with Crippen molar-refractivity contribution in [3.63, 3.8) is 0 Å². The number of fused-ring (bicyclic) bond motifs is 1. The number of nitrogens with two attached hydrogens (primary N) is 1. The second-order valence-corrected chi connectivity index (χ2v) is 4.25.